The van der Waals surface area contributed by atoms with Crippen LogP contribution in [0.3, 0.4) is 0 Å². The minimum absolute atomic E-state index is 0.117. The Morgan fingerprint density at radius 3 is 2.56 bits per heavy atom. The van der Waals surface area contributed by atoms with E-state index in [9.17, 15) is 4.79 Å². The molecule has 162 valence electrons. The van der Waals surface area contributed by atoms with Crippen LogP contribution in [-0.4, -0.2) is 22.6 Å². The number of aryl methyl sites for hydroxylation is 2. The maximum atomic E-state index is 12.0. The first-order chi connectivity index (χ1) is 15.5. The van der Waals surface area contributed by atoms with Gasteiger partial charge in [-0.3, -0.25) is 10.1 Å². The van der Waals surface area contributed by atoms with Crippen molar-refractivity contribution in [2.75, 3.05) is 11.9 Å². The summed E-state index contributed by atoms with van der Waals surface area (Å²) in [5.41, 5.74) is 5.80. The number of nitrogens with one attached hydrogen (secondary N) is 2. The van der Waals surface area contributed by atoms with E-state index >= 15 is 0 Å². The molecule has 0 saturated heterocycles. The molecule has 32 heavy (non-hydrogen) atoms. The molecule has 0 aliphatic carbocycles. The number of carbonyl (C=O) groups is 1. The molecule has 0 aliphatic heterocycles. The van der Waals surface area contributed by atoms with Gasteiger partial charge in [-0.1, -0.05) is 36.4 Å². The number of nitrogens with zero attached hydrogens (tertiary/aromatic N) is 1. The molecule has 2 N–H and O–H groups in total. The van der Waals surface area contributed by atoms with Crippen LogP contribution in [0.4, 0.5) is 5.69 Å². The number of benzene rings is 3. The monoisotopic (exact) mass is 445 g/mol. The highest BCUT2D eigenvalue weighted by Crippen LogP contribution is 2.23. The van der Waals surface area contributed by atoms with Gasteiger partial charge in [0.15, 0.2) is 23.2 Å². The molecule has 0 fully saturated rings. The van der Waals surface area contributed by atoms with Crippen LogP contribution < -0.4 is 15.4 Å². The number of hydrogen-bond acceptors (Lipinski definition) is 5. The second kappa shape index (κ2) is 9.62. The maximum absolute atomic E-state index is 12.0. The summed E-state index contributed by atoms with van der Waals surface area (Å²) in [5.74, 6) is 0.974. The molecule has 4 aromatic rings. The lowest BCUT2D eigenvalue weighted by Crippen LogP contribution is -2.37. The summed E-state index contributed by atoms with van der Waals surface area (Å²) in [4.78, 5) is 16.6. The van der Waals surface area contributed by atoms with Crippen molar-refractivity contribution in [1.29, 1.82) is 0 Å². The number of thiocarbonyl (C=S) groups is 1. The van der Waals surface area contributed by atoms with Crippen molar-refractivity contribution >= 4 is 40.0 Å². The lowest BCUT2D eigenvalue weighted by atomic mass is 10.1. The highest BCUT2D eigenvalue weighted by molar-refractivity contribution is 7.80. The molecular weight excluding hydrogens is 422 g/mol. The van der Waals surface area contributed by atoms with Gasteiger partial charge in [-0.25, -0.2) is 4.98 Å². The Morgan fingerprint density at radius 2 is 1.81 bits per heavy atom. The van der Waals surface area contributed by atoms with Crippen LogP contribution in [0.15, 0.2) is 71.1 Å². The molecule has 0 spiro atoms. The molecule has 0 saturated carbocycles. The normalized spacial score (nSPS) is 10.7. The molecule has 0 atom stereocenters. The summed E-state index contributed by atoms with van der Waals surface area (Å²) >= 11 is 5.22. The van der Waals surface area contributed by atoms with E-state index in [2.05, 4.69) is 28.6 Å². The van der Waals surface area contributed by atoms with Gasteiger partial charge >= 0.3 is 0 Å². The van der Waals surface area contributed by atoms with Crippen molar-refractivity contribution in [2.45, 2.75) is 20.3 Å². The highest BCUT2D eigenvalue weighted by atomic mass is 32.1. The van der Waals surface area contributed by atoms with E-state index in [1.807, 2.05) is 55.5 Å². The van der Waals surface area contributed by atoms with Gasteiger partial charge in [0.1, 0.15) is 11.3 Å². The van der Waals surface area contributed by atoms with Gasteiger partial charge < -0.3 is 14.5 Å². The quantitative estimate of drug-likeness (QED) is 0.410. The Morgan fingerprint density at radius 1 is 1.06 bits per heavy atom. The molecule has 1 amide bonds. The molecule has 0 bridgehead atoms. The Labute approximate surface area is 191 Å². The second-order valence-electron chi connectivity index (χ2n) is 7.52. The third-order valence-electron chi connectivity index (χ3n) is 4.80. The Kier molecular flexibility index (Phi) is 6.47. The third-order valence-corrected chi connectivity index (χ3v) is 5.00. The van der Waals surface area contributed by atoms with Gasteiger partial charge in [0, 0.05) is 12.1 Å². The SMILES string of the molecule is Cc1cc(C)c2oc(Cc3ccc(NC(=S)NC(=O)COc4ccccc4)cc3)nc2c1. The average molecular weight is 446 g/mol. The zero-order chi connectivity index (χ0) is 22.5. The lowest BCUT2D eigenvalue weighted by Gasteiger charge is -2.10. The second-order valence-corrected chi connectivity index (χ2v) is 7.92. The van der Waals surface area contributed by atoms with Gasteiger partial charge in [-0.05, 0) is 73.1 Å². The molecule has 0 unspecified atom stereocenters. The maximum Gasteiger partial charge on any atom is 0.264 e. The fourth-order valence-corrected chi connectivity index (χ4v) is 3.60. The minimum Gasteiger partial charge on any atom is -0.484 e. The van der Waals surface area contributed by atoms with Gasteiger partial charge in [0.2, 0.25) is 0 Å². The standard InChI is InChI=1S/C25H23N3O3S/c1-16-12-17(2)24-21(13-16)27-23(31-24)14-18-8-10-19(11-9-18)26-25(32)28-22(29)15-30-20-6-4-3-5-7-20/h3-13H,14-15H2,1-2H3,(H2,26,28,29,32). The van der Waals surface area contributed by atoms with Crippen molar-refractivity contribution in [3.8, 4) is 5.75 Å². The number of oxazole rings is 1. The van der Waals surface area contributed by atoms with Crippen molar-refractivity contribution in [1.82, 2.24) is 10.3 Å². The summed E-state index contributed by atoms with van der Waals surface area (Å²) in [6, 6.07) is 21.0. The minimum atomic E-state index is -0.329. The van der Waals surface area contributed by atoms with Crippen LogP contribution in [0, 0.1) is 13.8 Å². The topological polar surface area (TPSA) is 76.4 Å². The van der Waals surface area contributed by atoms with E-state index in [0.29, 0.717) is 18.1 Å². The largest absolute Gasteiger partial charge is 0.484 e. The zero-order valence-electron chi connectivity index (χ0n) is 17.8. The van der Waals surface area contributed by atoms with E-state index in [-0.39, 0.29) is 17.6 Å². The first-order valence-electron chi connectivity index (χ1n) is 10.2. The van der Waals surface area contributed by atoms with Crippen molar-refractivity contribution < 1.29 is 13.9 Å². The summed E-state index contributed by atoms with van der Waals surface area (Å²) < 4.78 is 11.4. The number of carbonyl (C=O) groups excluding carboxylic acids is 1. The first-order valence-corrected chi connectivity index (χ1v) is 10.6. The molecule has 1 heterocycles. The fraction of sp³-hybridized carbons (Fsp3) is 0.160. The van der Waals surface area contributed by atoms with Crippen molar-refractivity contribution in [3.05, 3.63) is 89.3 Å². The average Bonchev–Trinajstić information content (AvgIpc) is 3.17. The molecule has 6 nitrogen and oxygen atoms in total. The number of anilines is 1. The molecule has 3 aromatic carbocycles. The number of aromatic nitrogens is 1. The predicted octanol–water partition coefficient (Wildman–Crippen LogP) is 4.93. The number of hydrogen-bond donors (Lipinski definition) is 2. The molecule has 1 aromatic heterocycles. The number of amides is 1. The highest BCUT2D eigenvalue weighted by Gasteiger charge is 2.10. The van der Waals surface area contributed by atoms with Crippen LogP contribution in [0.2, 0.25) is 0 Å². The van der Waals surface area contributed by atoms with E-state index in [1.165, 1.54) is 5.56 Å². The Balaban J connectivity index is 1.30. The number of para-hydroxylation sites is 1. The molecular formula is C25H23N3O3S. The first kappa shape index (κ1) is 21.5. The number of fused-ring (bicyclic) bond motifs is 1. The van der Waals surface area contributed by atoms with Crippen molar-refractivity contribution in [3.63, 3.8) is 0 Å². The predicted molar refractivity (Wildman–Crippen MR) is 129 cm³/mol. The van der Waals surface area contributed by atoms with E-state index in [0.717, 1.165) is 27.9 Å². The van der Waals surface area contributed by atoms with Crippen LogP contribution in [0.5, 0.6) is 5.75 Å². The van der Waals surface area contributed by atoms with E-state index in [4.69, 9.17) is 21.4 Å². The molecule has 7 heteroatoms. The summed E-state index contributed by atoms with van der Waals surface area (Å²) in [7, 11) is 0. The molecule has 0 radical (unpaired) electrons. The van der Waals surface area contributed by atoms with Gasteiger partial charge in [0.05, 0.1) is 0 Å². The van der Waals surface area contributed by atoms with Crippen LogP contribution in [0.25, 0.3) is 11.1 Å². The third kappa shape index (κ3) is 5.50. The van der Waals surface area contributed by atoms with Crippen molar-refractivity contribution in [2.24, 2.45) is 0 Å². The lowest BCUT2D eigenvalue weighted by molar-refractivity contribution is -0.121. The van der Waals surface area contributed by atoms with Crippen LogP contribution in [-0.2, 0) is 11.2 Å². The van der Waals surface area contributed by atoms with Gasteiger partial charge in [-0.15, -0.1) is 0 Å². The molecule has 0 aliphatic rings. The number of rotatable bonds is 6. The summed E-state index contributed by atoms with van der Waals surface area (Å²) in [6.45, 7) is 3.96. The smallest absolute Gasteiger partial charge is 0.264 e. The van der Waals surface area contributed by atoms with Crippen LogP contribution in [0.1, 0.15) is 22.6 Å². The summed E-state index contributed by atoms with van der Waals surface area (Å²) in [6.07, 6.45) is 0.589. The van der Waals surface area contributed by atoms with Gasteiger partial charge in [0.25, 0.3) is 5.91 Å². The fourth-order valence-electron chi connectivity index (χ4n) is 3.37. The number of ether oxygens (including phenoxy) is 1. The Hall–Kier alpha value is -3.71. The molecule has 4 rings (SSSR count). The van der Waals surface area contributed by atoms with E-state index < -0.39 is 0 Å². The Bertz CT molecular complexity index is 1250. The van der Waals surface area contributed by atoms with Crippen LogP contribution >= 0.6 is 12.2 Å². The summed E-state index contributed by atoms with van der Waals surface area (Å²) in [5, 5.41) is 5.82. The van der Waals surface area contributed by atoms with Gasteiger partial charge in [-0.2, -0.15) is 0 Å². The van der Waals surface area contributed by atoms with E-state index in [1.54, 1.807) is 12.1 Å². The zero-order valence-corrected chi connectivity index (χ0v) is 18.7.